The smallest absolute Gasteiger partial charge is 0.119 e. The van der Waals surface area contributed by atoms with Crippen LogP contribution in [-0.4, -0.2) is 23.9 Å². The van der Waals surface area contributed by atoms with Crippen LogP contribution >= 0.6 is 0 Å². The molecule has 19 heavy (non-hydrogen) atoms. The zero-order chi connectivity index (χ0) is 13.6. The van der Waals surface area contributed by atoms with E-state index in [0.717, 1.165) is 44.5 Å². The lowest BCUT2D eigenvalue weighted by Crippen LogP contribution is -2.37. The van der Waals surface area contributed by atoms with Crippen molar-refractivity contribution in [3.63, 3.8) is 0 Å². The SMILES string of the molecule is CCNCc1ccc(OCC2(O)CCCCC2)cc1. The Morgan fingerprint density at radius 3 is 2.47 bits per heavy atom. The minimum Gasteiger partial charge on any atom is -0.491 e. The number of ether oxygens (including phenoxy) is 1. The first-order chi connectivity index (χ1) is 9.22. The van der Waals surface area contributed by atoms with Crippen molar-refractivity contribution in [2.24, 2.45) is 0 Å². The molecule has 0 amide bonds. The minimum atomic E-state index is -0.610. The van der Waals surface area contributed by atoms with Gasteiger partial charge in [-0.2, -0.15) is 0 Å². The summed E-state index contributed by atoms with van der Waals surface area (Å²) in [6, 6.07) is 8.11. The summed E-state index contributed by atoms with van der Waals surface area (Å²) in [5.74, 6) is 0.847. The quantitative estimate of drug-likeness (QED) is 0.829. The molecule has 0 aliphatic heterocycles. The van der Waals surface area contributed by atoms with Gasteiger partial charge in [-0.05, 0) is 37.1 Å². The molecule has 0 atom stereocenters. The van der Waals surface area contributed by atoms with E-state index in [2.05, 4.69) is 24.4 Å². The molecule has 1 aliphatic carbocycles. The Morgan fingerprint density at radius 1 is 1.16 bits per heavy atom. The van der Waals surface area contributed by atoms with E-state index in [9.17, 15) is 5.11 Å². The number of hydrogen-bond acceptors (Lipinski definition) is 3. The first-order valence-electron chi connectivity index (χ1n) is 7.37. The van der Waals surface area contributed by atoms with Crippen LogP contribution in [0.15, 0.2) is 24.3 Å². The van der Waals surface area contributed by atoms with Crippen LogP contribution in [0.3, 0.4) is 0 Å². The Hall–Kier alpha value is -1.06. The van der Waals surface area contributed by atoms with E-state index in [1.807, 2.05) is 12.1 Å². The predicted octanol–water partition coefficient (Wildman–Crippen LogP) is 2.87. The highest BCUT2D eigenvalue weighted by atomic mass is 16.5. The lowest BCUT2D eigenvalue weighted by Gasteiger charge is -2.31. The lowest BCUT2D eigenvalue weighted by molar-refractivity contribution is -0.0339. The number of nitrogens with one attached hydrogen (secondary N) is 1. The van der Waals surface area contributed by atoms with Crippen molar-refractivity contribution in [3.05, 3.63) is 29.8 Å². The van der Waals surface area contributed by atoms with Crippen LogP contribution in [0.2, 0.25) is 0 Å². The molecule has 0 bridgehead atoms. The van der Waals surface area contributed by atoms with Crippen LogP contribution < -0.4 is 10.1 Å². The Bertz CT molecular complexity index is 369. The molecule has 3 nitrogen and oxygen atoms in total. The number of hydrogen-bond donors (Lipinski definition) is 2. The van der Waals surface area contributed by atoms with Crippen molar-refractivity contribution in [3.8, 4) is 5.75 Å². The highest BCUT2D eigenvalue weighted by Crippen LogP contribution is 2.28. The first-order valence-corrected chi connectivity index (χ1v) is 7.37. The molecule has 1 aliphatic rings. The second kappa shape index (κ2) is 6.92. The summed E-state index contributed by atoms with van der Waals surface area (Å²) in [5.41, 5.74) is 0.645. The summed E-state index contributed by atoms with van der Waals surface area (Å²) >= 11 is 0. The molecule has 106 valence electrons. The maximum Gasteiger partial charge on any atom is 0.119 e. The third-order valence-corrected chi connectivity index (χ3v) is 3.79. The topological polar surface area (TPSA) is 41.5 Å². The molecular weight excluding hydrogens is 238 g/mol. The summed E-state index contributed by atoms with van der Waals surface area (Å²) in [7, 11) is 0. The average Bonchev–Trinajstić information content (AvgIpc) is 2.45. The Labute approximate surface area is 116 Å². The molecule has 1 fully saturated rings. The Kier molecular flexibility index (Phi) is 5.23. The van der Waals surface area contributed by atoms with E-state index in [1.165, 1.54) is 12.0 Å². The summed E-state index contributed by atoms with van der Waals surface area (Å²) in [6.45, 7) is 4.38. The molecule has 2 rings (SSSR count). The van der Waals surface area contributed by atoms with E-state index in [-0.39, 0.29) is 0 Å². The Morgan fingerprint density at radius 2 is 1.84 bits per heavy atom. The van der Waals surface area contributed by atoms with Gasteiger partial charge in [0.2, 0.25) is 0 Å². The largest absolute Gasteiger partial charge is 0.491 e. The summed E-state index contributed by atoms with van der Waals surface area (Å²) in [6.07, 6.45) is 5.20. The summed E-state index contributed by atoms with van der Waals surface area (Å²) < 4.78 is 5.74. The number of aliphatic hydroxyl groups is 1. The van der Waals surface area contributed by atoms with Gasteiger partial charge in [0.1, 0.15) is 12.4 Å². The van der Waals surface area contributed by atoms with Crippen LogP contribution in [0.5, 0.6) is 5.75 Å². The van der Waals surface area contributed by atoms with E-state index in [1.54, 1.807) is 0 Å². The highest BCUT2D eigenvalue weighted by Gasteiger charge is 2.29. The third kappa shape index (κ3) is 4.51. The van der Waals surface area contributed by atoms with Gasteiger partial charge in [0.05, 0.1) is 5.60 Å². The van der Waals surface area contributed by atoms with E-state index in [0.29, 0.717) is 6.61 Å². The van der Waals surface area contributed by atoms with Gasteiger partial charge in [-0.1, -0.05) is 38.3 Å². The lowest BCUT2D eigenvalue weighted by atomic mass is 9.85. The van der Waals surface area contributed by atoms with E-state index < -0.39 is 5.60 Å². The van der Waals surface area contributed by atoms with Gasteiger partial charge in [-0.25, -0.2) is 0 Å². The highest BCUT2D eigenvalue weighted by molar-refractivity contribution is 5.27. The van der Waals surface area contributed by atoms with E-state index in [4.69, 9.17) is 4.74 Å². The van der Waals surface area contributed by atoms with Gasteiger partial charge in [0.15, 0.2) is 0 Å². The maximum absolute atomic E-state index is 10.4. The van der Waals surface area contributed by atoms with Crippen molar-refractivity contribution in [2.45, 2.75) is 51.2 Å². The average molecular weight is 263 g/mol. The molecule has 1 saturated carbocycles. The van der Waals surface area contributed by atoms with Gasteiger partial charge < -0.3 is 15.2 Å². The molecule has 0 saturated heterocycles. The molecule has 3 heteroatoms. The van der Waals surface area contributed by atoms with Gasteiger partial charge >= 0.3 is 0 Å². The fourth-order valence-electron chi connectivity index (χ4n) is 2.54. The summed E-state index contributed by atoms with van der Waals surface area (Å²) in [4.78, 5) is 0. The Balaban J connectivity index is 1.82. The second-order valence-corrected chi connectivity index (χ2v) is 5.50. The maximum atomic E-state index is 10.4. The zero-order valence-corrected chi connectivity index (χ0v) is 11.8. The molecule has 0 heterocycles. The van der Waals surface area contributed by atoms with Crippen molar-refractivity contribution in [1.29, 1.82) is 0 Å². The standard InChI is InChI=1S/C16H25NO2/c1-2-17-12-14-6-8-15(9-7-14)19-13-16(18)10-4-3-5-11-16/h6-9,17-18H,2-5,10-13H2,1H3. The van der Waals surface area contributed by atoms with Crippen molar-refractivity contribution >= 4 is 0 Å². The van der Waals surface area contributed by atoms with Crippen LogP contribution in [0, 0.1) is 0 Å². The number of rotatable bonds is 6. The third-order valence-electron chi connectivity index (χ3n) is 3.79. The summed E-state index contributed by atoms with van der Waals surface area (Å²) in [5, 5.41) is 13.7. The minimum absolute atomic E-state index is 0.416. The van der Waals surface area contributed by atoms with Crippen LogP contribution in [0.4, 0.5) is 0 Å². The molecule has 0 unspecified atom stereocenters. The molecule has 0 spiro atoms. The van der Waals surface area contributed by atoms with Gasteiger partial charge in [0, 0.05) is 6.54 Å². The molecule has 2 N–H and O–H groups in total. The van der Waals surface area contributed by atoms with Crippen LogP contribution in [-0.2, 0) is 6.54 Å². The second-order valence-electron chi connectivity index (χ2n) is 5.50. The van der Waals surface area contributed by atoms with Crippen molar-refractivity contribution in [2.75, 3.05) is 13.2 Å². The fraction of sp³-hybridized carbons (Fsp3) is 0.625. The molecule has 1 aromatic rings. The number of benzene rings is 1. The first kappa shape index (κ1) is 14.4. The van der Waals surface area contributed by atoms with Gasteiger partial charge in [-0.15, -0.1) is 0 Å². The molecule has 1 aromatic carbocycles. The normalized spacial score (nSPS) is 18.2. The molecule has 0 aromatic heterocycles. The van der Waals surface area contributed by atoms with Crippen molar-refractivity contribution in [1.82, 2.24) is 5.32 Å². The predicted molar refractivity (Wildman–Crippen MR) is 77.4 cm³/mol. The molecular formula is C16H25NO2. The van der Waals surface area contributed by atoms with Crippen LogP contribution in [0.25, 0.3) is 0 Å². The van der Waals surface area contributed by atoms with Crippen LogP contribution in [0.1, 0.15) is 44.6 Å². The zero-order valence-electron chi connectivity index (χ0n) is 11.8. The van der Waals surface area contributed by atoms with Gasteiger partial charge in [-0.3, -0.25) is 0 Å². The molecule has 0 radical (unpaired) electrons. The van der Waals surface area contributed by atoms with Crippen molar-refractivity contribution < 1.29 is 9.84 Å². The monoisotopic (exact) mass is 263 g/mol. The fourth-order valence-corrected chi connectivity index (χ4v) is 2.54. The van der Waals surface area contributed by atoms with E-state index >= 15 is 0 Å². The van der Waals surface area contributed by atoms with Gasteiger partial charge in [0.25, 0.3) is 0 Å².